The molecule has 0 fully saturated rings. The van der Waals surface area contributed by atoms with Crippen LogP contribution in [0.25, 0.3) is 0 Å². The van der Waals surface area contributed by atoms with Gasteiger partial charge in [-0.3, -0.25) is 4.90 Å². The lowest BCUT2D eigenvalue weighted by Crippen LogP contribution is -2.36. The van der Waals surface area contributed by atoms with Crippen molar-refractivity contribution in [1.29, 1.82) is 0 Å². The van der Waals surface area contributed by atoms with E-state index in [0.717, 1.165) is 13.1 Å². The lowest BCUT2D eigenvalue weighted by atomic mass is 10.5. The first kappa shape index (κ1) is 9.88. The highest BCUT2D eigenvalue weighted by Gasteiger charge is 2.09. The minimum absolute atomic E-state index is 0.553. The molecule has 0 saturated heterocycles. The van der Waals surface area contributed by atoms with Gasteiger partial charge in [0.2, 0.25) is 6.41 Å². The Morgan fingerprint density at radius 3 is 2.10 bits per heavy atom. The lowest BCUT2D eigenvalue weighted by Gasteiger charge is -2.23. The summed E-state index contributed by atoms with van der Waals surface area (Å²) in [6, 6.07) is 0. The number of rotatable bonds is 5. The monoisotopic (exact) mass is 147 g/mol. The Bertz CT molecular complexity index is 74.0. The molecule has 3 heteroatoms. The maximum absolute atomic E-state index is 9.21. The highest BCUT2D eigenvalue weighted by molar-refractivity contribution is 4.46. The smallest absolute Gasteiger partial charge is 0.216 e. The van der Waals surface area contributed by atoms with Gasteiger partial charge in [-0.15, -0.1) is 0 Å². The van der Waals surface area contributed by atoms with Gasteiger partial charge in [0.1, 0.15) is 0 Å². The Balaban J connectivity index is 3.53. The van der Waals surface area contributed by atoms with Crippen molar-refractivity contribution < 1.29 is 9.84 Å². The van der Waals surface area contributed by atoms with Gasteiger partial charge in [-0.1, -0.05) is 13.8 Å². The number of nitrogens with zero attached hydrogens (tertiary/aromatic N) is 1. The molecule has 0 spiro atoms. The number of aliphatic hydroxyl groups is 1. The summed E-state index contributed by atoms with van der Waals surface area (Å²) in [6.45, 7) is 8.04. The number of hydrogen-bond acceptors (Lipinski definition) is 3. The second-order valence-corrected chi connectivity index (χ2v) is 2.00. The van der Waals surface area contributed by atoms with Crippen LogP contribution in [-0.2, 0) is 4.74 Å². The van der Waals surface area contributed by atoms with E-state index < -0.39 is 6.41 Å². The highest BCUT2D eigenvalue weighted by atomic mass is 16.6. The average molecular weight is 147 g/mol. The van der Waals surface area contributed by atoms with Crippen LogP contribution in [0.2, 0.25) is 0 Å². The van der Waals surface area contributed by atoms with Gasteiger partial charge in [0.25, 0.3) is 0 Å². The van der Waals surface area contributed by atoms with Crippen molar-refractivity contribution in [3.05, 3.63) is 0 Å². The van der Waals surface area contributed by atoms with E-state index in [-0.39, 0.29) is 0 Å². The van der Waals surface area contributed by atoms with Crippen molar-refractivity contribution in [1.82, 2.24) is 4.90 Å². The Labute approximate surface area is 62.6 Å². The van der Waals surface area contributed by atoms with Crippen molar-refractivity contribution in [3.63, 3.8) is 0 Å². The third-order valence-electron chi connectivity index (χ3n) is 1.44. The molecule has 1 N–H and O–H groups in total. The molecule has 0 aliphatic carbocycles. The maximum atomic E-state index is 9.21. The minimum atomic E-state index is -0.722. The third-order valence-corrected chi connectivity index (χ3v) is 1.44. The molecule has 0 amide bonds. The predicted octanol–water partition coefficient (Wildman–Crippen LogP) is 0.641. The highest BCUT2D eigenvalue weighted by Crippen LogP contribution is 1.95. The van der Waals surface area contributed by atoms with Gasteiger partial charge in [-0.2, -0.15) is 0 Å². The van der Waals surface area contributed by atoms with Crippen LogP contribution in [0.15, 0.2) is 0 Å². The summed E-state index contributed by atoms with van der Waals surface area (Å²) in [5, 5.41) is 9.21. The summed E-state index contributed by atoms with van der Waals surface area (Å²) in [4.78, 5) is 1.84. The molecule has 62 valence electrons. The van der Waals surface area contributed by atoms with Crippen molar-refractivity contribution in [2.45, 2.75) is 27.2 Å². The molecule has 1 atom stereocenters. The molecule has 3 nitrogen and oxygen atoms in total. The van der Waals surface area contributed by atoms with Crippen molar-refractivity contribution in [2.75, 3.05) is 19.7 Å². The van der Waals surface area contributed by atoms with Crippen LogP contribution in [0.3, 0.4) is 0 Å². The largest absolute Gasteiger partial charge is 0.356 e. The Morgan fingerprint density at radius 1 is 1.30 bits per heavy atom. The fraction of sp³-hybridized carbons (Fsp3) is 1.00. The van der Waals surface area contributed by atoms with Crippen LogP contribution in [0.4, 0.5) is 0 Å². The summed E-state index contributed by atoms with van der Waals surface area (Å²) < 4.78 is 4.97. The molecule has 0 aliphatic heterocycles. The van der Waals surface area contributed by atoms with E-state index in [9.17, 15) is 5.11 Å². The molecule has 0 saturated carbocycles. The molecule has 0 aromatic rings. The van der Waals surface area contributed by atoms with Crippen LogP contribution in [0, 0.1) is 0 Å². The molecule has 0 radical (unpaired) electrons. The molecule has 0 aliphatic rings. The molecule has 0 aromatic heterocycles. The molecule has 10 heavy (non-hydrogen) atoms. The van der Waals surface area contributed by atoms with E-state index in [4.69, 9.17) is 4.74 Å². The number of aliphatic hydroxyl groups excluding tert-OH is 1. The van der Waals surface area contributed by atoms with Crippen LogP contribution < -0.4 is 0 Å². The first-order valence-electron chi connectivity index (χ1n) is 3.79. The van der Waals surface area contributed by atoms with Gasteiger partial charge < -0.3 is 9.84 Å². The van der Waals surface area contributed by atoms with Crippen LogP contribution in [0.1, 0.15) is 20.8 Å². The zero-order valence-electron chi connectivity index (χ0n) is 7.00. The fourth-order valence-corrected chi connectivity index (χ4v) is 0.790. The lowest BCUT2D eigenvalue weighted by molar-refractivity contribution is -0.187. The standard InChI is InChI=1S/C7H17NO2/c1-4-8(5-2)7(9)10-6-3/h7,9H,4-6H2,1-3H3. The fourth-order valence-electron chi connectivity index (χ4n) is 0.790. The molecular weight excluding hydrogens is 130 g/mol. The maximum Gasteiger partial charge on any atom is 0.216 e. The van der Waals surface area contributed by atoms with E-state index in [1.54, 1.807) is 0 Å². The van der Waals surface area contributed by atoms with E-state index >= 15 is 0 Å². The SMILES string of the molecule is CCOC(O)N(CC)CC. The van der Waals surface area contributed by atoms with Crippen LogP contribution in [0.5, 0.6) is 0 Å². The topological polar surface area (TPSA) is 32.7 Å². The van der Waals surface area contributed by atoms with Crippen molar-refractivity contribution >= 4 is 0 Å². The average Bonchev–Trinajstić information content (AvgIpc) is 1.91. The van der Waals surface area contributed by atoms with Gasteiger partial charge in [0.15, 0.2) is 0 Å². The first-order chi connectivity index (χ1) is 4.76. The summed E-state index contributed by atoms with van der Waals surface area (Å²) in [5.41, 5.74) is 0. The molecular formula is C7H17NO2. The minimum Gasteiger partial charge on any atom is -0.356 e. The second kappa shape index (κ2) is 5.65. The molecule has 0 rings (SSSR count). The van der Waals surface area contributed by atoms with Crippen LogP contribution in [-0.4, -0.2) is 36.1 Å². The molecule has 0 bridgehead atoms. The van der Waals surface area contributed by atoms with E-state index in [1.807, 2.05) is 25.7 Å². The van der Waals surface area contributed by atoms with Crippen LogP contribution >= 0.6 is 0 Å². The molecule has 0 aromatic carbocycles. The summed E-state index contributed by atoms with van der Waals surface area (Å²) in [5.74, 6) is 0. The van der Waals surface area contributed by atoms with Gasteiger partial charge in [0, 0.05) is 6.61 Å². The number of hydrogen-bond donors (Lipinski definition) is 1. The summed E-state index contributed by atoms with van der Waals surface area (Å²) >= 11 is 0. The summed E-state index contributed by atoms with van der Waals surface area (Å²) in [6.07, 6.45) is -0.722. The van der Waals surface area contributed by atoms with E-state index in [2.05, 4.69) is 0 Å². The second-order valence-electron chi connectivity index (χ2n) is 2.00. The normalized spacial score (nSPS) is 14.1. The van der Waals surface area contributed by atoms with Gasteiger partial charge in [-0.25, -0.2) is 0 Å². The Kier molecular flexibility index (Phi) is 5.58. The Hall–Kier alpha value is -0.120. The number of ether oxygens (including phenoxy) is 1. The van der Waals surface area contributed by atoms with Gasteiger partial charge in [0.05, 0.1) is 0 Å². The summed E-state index contributed by atoms with van der Waals surface area (Å²) in [7, 11) is 0. The van der Waals surface area contributed by atoms with Crippen molar-refractivity contribution in [3.8, 4) is 0 Å². The van der Waals surface area contributed by atoms with Gasteiger partial charge >= 0.3 is 0 Å². The first-order valence-corrected chi connectivity index (χ1v) is 3.79. The van der Waals surface area contributed by atoms with E-state index in [1.165, 1.54) is 0 Å². The van der Waals surface area contributed by atoms with Gasteiger partial charge in [-0.05, 0) is 20.0 Å². The molecule has 0 heterocycles. The molecule has 1 unspecified atom stereocenters. The quantitative estimate of drug-likeness (QED) is 0.579. The zero-order chi connectivity index (χ0) is 7.98. The Morgan fingerprint density at radius 2 is 1.80 bits per heavy atom. The zero-order valence-corrected chi connectivity index (χ0v) is 7.00. The van der Waals surface area contributed by atoms with E-state index in [0.29, 0.717) is 6.61 Å². The van der Waals surface area contributed by atoms with Crippen molar-refractivity contribution in [2.24, 2.45) is 0 Å². The predicted molar refractivity (Wildman–Crippen MR) is 40.6 cm³/mol. The third kappa shape index (κ3) is 3.15.